The van der Waals surface area contributed by atoms with Crippen molar-refractivity contribution >= 4 is 35.1 Å². The maximum absolute atomic E-state index is 11.6. The van der Waals surface area contributed by atoms with E-state index >= 15 is 0 Å². The molecule has 0 aliphatic heterocycles. The average molecular weight is 288 g/mol. The zero-order chi connectivity index (χ0) is 13.3. The molecule has 0 radical (unpaired) electrons. The third kappa shape index (κ3) is 2.76. The van der Waals surface area contributed by atoms with E-state index < -0.39 is 5.97 Å². The molecule has 2 atom stereocenters. The first-order valence-corrected chi connectivity index (χ1v) is 6.19. The van der Waals surface area contributed by atoms with Crippen LogP contribution in [0, 0.1) is 5.92 Å². The van der Waals surface area contributed by atoms with Gasteiger partial charge >= 0.3 is 5.97 Å². The number of halogens is 2. The van der Waals surface area contributed by atoms with Crippen LogP contribution in [0.5, 0.6) is 0 Å². The molecule has 1 aliphatic carbocycles. The van der Waals surface area contributed by atoms with Gasteiger partial charge in [-0.2, -0.15) is 0 Å². The highest BCUT2D eigenvalue weighted by molar-refractivity contribution is 6.42. The standard InChI is InChI=1S/C12H11Cl2NO3/c13-9-3-1-2-6(11(9)14)7-4-8(7)12(18)15-5-10(16)17/h1-3,7-8H,4-5H2,(H,15,18)(H,16,17)/t7-,8+/m0/s1. The highest BCUT2D eigenvalue weighted by atomic mass is 35.5. The van der Waals surface area contributed by atoms with Gasteiger partial charge in [0.15, 0.2) is 0 Å². The van der Waals surface area contributed by atoms with Gasteiger partial charge in [0.1, 0.15) is 6.54 Å². The smallest absolute Gasteiger partial charge is 0.322 e. The number of hydrogen-bond donors (Lipinski definition) is 2. The van der Waals surface area contributed by atoms with Crippen molar-refractivity contribution in [3.05, 3.63) is 33.8 Å². The van der Waals surface area contributed by atoms with Crippen LogP contribution in [0.1, 0.15) is 17.9 Å². The molecular weight excluding hydrogens is 277 g/mol. The van der Waals surface area contributed by atoms with Gasteiger partial charge < -0.3 is 10.4 Å². The fraction of sp³-hybridized carbons (Fsp3) is 0.333. The Hall–Kier alpha value is -1.26. The lowest BCUT2D eigenvalue weighted by molar-refractivity contribution is -0.138. The van der Waals surface area contributed by atoms with E-state index in [1.54, 1.807) is 12.1 Å². The third-order valence-corrected chi connectivity index (χ3v) is 3.76. The Bertz CT molecular complexity index is 504. The molecule has 96 valence electrons. The van der Waals surface area contributed by atoms with E-state index in [4.69, 9.17) is 28.3 Å². The number of carbonyl (C=O) groups is 2. The number of carboxylic acids is 1. The van der Waals surface area contributed by atoms with E-state index in [9.17, 15) is 9.59 Å². The van der Waals surface area contributed by atoms with Crippen molar-refractivity contribution in [3.63, 3.8) is 0 Å². The quantitative estimate of drug-likeness (QED) is 0.893. The summed E-state index contributed by atoms with van der Waals surface area (Å²) in [4.78, 5) is 22.0. The van der Waals surface area contributed by atoms with E-state index in [0.29, 0.717) is 16.5 Å². The lowest BCUT2D eigenvalue weighted by Crippen LogP contribution is -2.30. The zero-order valence-electron chi connectivity index (χ0n) is 9.32. The molecule has 0 heterocycles. The summed E-state index contributed by atoms with van der Waals surface area (Å²) in [6.45, 7) is -0.356. The van der Waals surface area contributed by atoms with Crippen LogP contribution in [-0.4, -0.2) is 23.5 Å². The van der Waals surface area contributed by atoms with Gasteiger partial charge in [-0.25, -0.2) is 0 Å². The van der Waals surface area contributed by atoms with E-state index in [-0.39, 0.29) is 24.3 Å². The normalized spacial score (nSPS) is 21.4. The Kier molecular flexibility index (Phi) is 3.78. The van der Waals surface area contributed by atoms with Crippen LogP contribution in [0.4, 0.5) is 0 Å². The summed E-state index contributed by atoms with van der Waals surface area (Å²) in [7, 11) is 0. The van der Waals surface area contributed by atoms with Crippen LogP contribution in [-0.2, 0) is 9.59 Å². The minimum Gasteiger partial charge on any atom is -0.480 e. The first-order chi connectivity index (χ1) is 8.50. The molecule has 18 heavy (non-hydrogen) atoms. The molecule has 1 saturated carbocycles. The molecule has 0 unspecified atom stereocenters. The largest absolute Gasteiger partial charge is 0.480 e. The lowest BCUT2D eigenvalue weighted by atomic mass is 10.1. The Balaban J connectivity index is 2.00. The zero-order valence-corrected chi connectivity index (χ0v) is 10.8. The molecule has 1 fully saturated rings. The minimum atomic E-state index is -1.05. The van der Waals surface area contributed by atoms with E-state index in [0.717, 1.165) is 5.56 Å². The van der Waals surface area contributed by atoms with Crippen LogP contribution >= 0.6 is 23.2 Å². The summed E-state index contributed by atoms with van der Waals surface area (Å²) < 4.78 is 0. The molecule has 6 heteroatoms. The van der Waals surface area contributed by atoms with E-state index in [1.165, 1.54) is 0 Å². The van der Waals surface area contributed by atoms with Gasteiger partial charge in [-0.15, -0.1) is 0 Å². The molecular formula is C12H11Cl2NO3. The fourth-order valence-electron chi connectivity index (χ4n) is 1.93. The number of amides is 1. The molecule has 1 aromatic carbocycles. The molecule has 0 aromatic heterocycles. The van der Waals surface area contributed by atoms with Crippen LogP contribution in [0.3, 0.4) is 0 Å². The predicted octanol–water partition coefficient (Wildman–Crippen LogP) is 2.30. The van der Waals surface area contributed by atoms with Gasteiger partial charge in [0, 0.05) is 5.92 Å². The van der Waals surface area contributed by atoms with Crippen molar-refractivity contribution in [1.29, 1.82) is 0 Å². The fourth-order valence-corrected chi connectivity index (χ4v) is 2.38. The first kappa shape index (κ1) is 13.2. The number of carboxylic acid groups (broad SMARTS) is 1. The second-order valence-electron chi connectivity index (χ2n) is 4.20. The SMILES string of the molecule is O=C(O)CNC(=O)[C@@H]1C[C@H]1c1cccc(Cl)c1Cl. The van der Waals surface area contributed by atoms with Crippen LogP contribution in [0.2, 0.25) is 10.0 Å². The number of carbonyl (C=O) groups excluding carboxylic acids is 1. The highest BCUT2D eigenvalue weighted by Gasteiger charge is 2.45. The summed E-state index contributed by atoms with van der Waals surface area (Å²) in [5.74, 6) is -1.48. The molecule has 1 aromatic rings. The minimum absolute atomic E-state index is 0.0324. The topological polar surface area (TPSA) is 66.4 Å². The van der Waals surface area contributed by atoms with Crippen molar-refractivity contribution in [2.24, 2.45) is 5.92 Å². The average Bonchev–Trinajstić information content (AvgIpc) is 3.09. The Morgan fingerprint density at radius 3 is 2.78 bits per heavy atom. The summed E-state index contributed by atoms with van der Waals surface area (Å²) in [5, 5.41) is 11.8. The molecule has 0 saturated heterocycles. The molecule has 2 N–H and O–H groups in total. The Labute approximate surface area is 114 Å². The van der Waals surface area contributed by atoms with Crippen molar-refractivity contribution in [2.45, 2.75) is 12.3 Å². The van der Waals surface area contributed by atoms with Crippen molar-refractivity contribution in [1.82, 2.24) is 5.32 Å². The third-order valence-electron chi connectivity index (χ3n) is 2.92. The number of hydrogen-bond acceptors (Lipinski definition) is 2. The maximum Gasteiger partial charge on any atom is 0.322 e. The molecule has 1 aliphatic rings. The molecule has 2 rings (SSSR count). The van der Waals surface area contributed by atoms with Crippen LogP contribution in [0.15, 0.2) is 18.2 Å². The first-order valence-electron chi connectivity index (χ1n) is 5.44. The Morgan fingerprint density at radius 1 is 1.39 bits per heavy atom. The lowest BCUT2D eigenvalue weighted by Gasteiger charge is -2.05. The van der Waals surface area contributed by atoms with Gasteiger partial charge in [-0.3, -0.25) is 9.59 Å². The molecule has 4 nitrogen and oxygen atoms in total. The highest BCUT2D eigenvalue weighted by Crippen LogP contribution is 2.50. The van der Waals surface area contributed by atoms with Gasteiger partial charge in [0.2, 0.25) is 5.91 Å². The summed E-state index contributed by atoms with van der Waals surface area (Å²) in [5.41, 5.74) is 0.847. The second kappa shape index (κ2) is 5.16. The predicted molar refractivity (Wildman–Crippen MR) is 68.0 cm³/mol. The summed E-state index contributed by atoms with van der Waals surface area (Å²) in [6, 6.07) is 5.31. The monoisotopic (exact) mass is 287 g/mol. The van der Waals surface area contributed by atoms with Crippen LogP contribution < -0.4 is 5.32 Å². The van der Waals surface area contributed by atoms with Crippen molar-refractivity contribution < 1.29 is 14.7 Å². The van der Waals surface area contributed by atoms with Crippen molar-refractivity contribution in [3.8, 4) is 0 Å². The van der Waals surface area contributed by atoms with Crippen molar-refractivity contribution in [2.75, 3.05) is 6.54 Å². The number of rotatable bonds is 4. The van der Waals surface area contributed by atoms with Gasteiger partial charge in [0.05, 0.1) is 10.0 Å². The molecule has 0 bridgehead atoms. The molecule has 0 spiro atoms. The van der Waals surface area contributed by atoms with Gasteiger partial charge in [-0.05, 0) is 24.0 Å². The van der Waals surface area contributed by atoms with Crippen LogP contribution in [0.25, 0.3) is 0 Å². The second-order valence-corrected chi connectivity index (χ2v) is 4.99. The van der Waals surface area contributed by atoms with E-state index in [1.807, 2.05) is 6.07 Å². The Morgan fingerprint density at radius 2 is 2.11 bits per heavy atom. The van der Waals surface area contributed by atoms with Gasteiger partial charge in [0.25, 0.3) is 0 Å². The summed E-state index contributed by atoms with van der Waals surface area (Å²) in [6.07, 6.45) is 0.672. The maximum atomic E-state index is 11.6. The van der Waals surface area contributed by atoms with E-state index in [2.05, 4.69) is 5.32 Å². The number of nitrogens with one attached hydrogen (secondary N) is 1. The summed E-state index contributed by atoms with van der Waals surface area (Å²) >= 11 is 12.0. The number of aliphatic carboxylic acids is 1. The molecule has 1 amide bonds. The number of benzene rings is 1. The van der Waals surface area contributed by atoms with Gasteiger partial charge in [-0.1, -0.05) is 35.3 Å².